The highest BCUT2D eigenvalue weighted by Gasteiger charge is 2.36. The molecule has 1 aliphatic heterocycles. The number of phenolic OH excluding ortho intramolecular Hbond substituents is 2. The van der Waals surface area contributed by atoms with E-state index in [9.17, 15) is 39.0 Å². The van der Waals surface area contributed by atoms with E-state index in [4.69, 9.17) is 5.73 Å². The quantitative estimate of drug-likeness (QED) is 0.0804. The molecule has 9 N–H and O–H groups in total. The minimum absolute atomic E-state index is 0.0521. The largest absolute Gasteiger partial charge is 0.507 e. The molecular formula is C44H67N7O8. The lowest BCUT2D eigenvalue weighted by Crippen LogP contribution is -2.56. The Bertz CT molecular complexity index is 1740. The standard InChI is InChI=1S/C44H67N7O8/c1-6-7-8-9-10-11-14-23-46-24-15-17-39(55)49-35(16-12-13-22-45)44(59)51(5)40-32-19-21-38(54)34(27-32)33-25-31(18-20-37(33)53)26-36(42(57)47-28(2)30(4)52)50-41(56)29(3)48-43(40)58/h18-21,25,27-29,35-36,40,46,53-54H,6-17,22-24,26,45H2,1-5H3,(H,47,57)(H,48,58)(H,49,55)(H,50,56)/t28-,29-,35-,36-,40-/m0/s1. The molecule has 59 heavy (non-hydrogen) atoms. The molecule has 0 aliphatic carbocycles. The maximum absolute atomic E-state index is 14.4. The Morgan fingerprint density at radius 3 is 2.17 bits per heavy atom. The van der Waals surface area contributed by atoms with Crippen LogP contribution in [0, 0.1) is 0 Å². The predicted molar refractivity (Wildman–Crippen MR) is 227 cm³/mol. The molecule has 1 aliphatic rings. The monoisotopic (exact) mass is 822 g/mol. The zero-order valence-electron chi connectivity index (χ0n) is 35.5. The lowest BCUT2D eigenvalue weighted by molar-refractivity contribution is -0.143. The molecule has 0 saturated heterocycles. The number of unbranched alkanes of at least 4 members (excludes halogenated alkanes) is 7. The molecule has 1 heterocycles. The number of nitrogens with one attached hydrogen (secondary N) is 5. The first-order valence-corrected chi connectivity index (χ1v) is 21.2. The number of aromatic hydroxyl groups is 2. The van der Waals surface area contributed by atoms with Gasteiger partial charge in [0.05, 0.1) is 6.04 Å². The van der Waals surface area contributed by atoms with Crippen LogP contribution in [0.4, 0.5) is 0 Å². The van der Waals surface area contributed by atoms with Crippen LogP contribution in [0.2, 0.25) is 0 Å². The van der Waals surface area contributed by atoms with Crippen LogP contribution in [0.1, 0.15) is 122 Å². The van der Waals surface area contributed by atoms with Gasteiger partial charge in [0.25, 0.3) is 0 Å². The van der Waals surface area contributed by atoms with Gasteiger partial charge in [-0.25, -0.2) is 0 Å². The third-order valence-corrected chi connectivity index (χ3v) is 10.8. The van der Waals surface area contributed by atoms with Crippen molar-refractivity contribution in [2.75, 3.05) is 26.7 Å². The fourth-order valence-corrected chi connectivity index (χ4v) is 7.03. The summed E-state index contributed by atoms with van der Waals surface area (Å²) < 4.78 is 0. The number of hydrogen-bond donors (Lipinski definition) is 8. The summed E-state index contributed by atoms with van der Waals surface area (Å²) in [4.78, 5) is 82.0. The van der Waals surface area contributed by atoms with Gasteiger partial charge in [-0.05, 0) is 108 Å². The Morgan fingerprint density at radius 2 is 1.49 bits per heavy atom. The average molecular weight is 822 g/mol. The Hall–Kier alpha value is -5.02. The summed E-state index contributed by atoms with van der Waals surface area (Å²) in [6.45, 7) is 8.42. The number of amides is 5. The second-order valence-corrected chi connectivity index (χ2v) is 15.7. The van der Waals surface area contributed by atoms with E-state index in [-0.39, 0.29) is 59.1 Å². The Kier molecular flexibility index (Phi) is 20.3. The van der Waals surface area contributed by atoms with Gasteiger partial charge < -0.3 is 47.4 Å². The van der Waals surface area contributed by atoms with Crippen molar-refractivity contribution in [3.63, 3.8) is 0 Å². The topological polar surface area (TPSA) is 232 Å². The first-order chi connectivity index (χ1) is 28.2. The van der Waals surface area contributed by atoms with E-state index in [1.165, 1.54) is 95.5 Å². The van der Waals surface area contributed by atoms with E-state index in [1.54, 1.807) is 12.1 Å². The normalized spacial score (nSPS) is 17.8. The number of phenols is 2. The number of ketones is 1. The predicted octanol–water partition coefficient (Wildman–Crippen LogP) is 3.64. The molecule has 0 unspecified atom stereocenters. The highest BCUT2D eigenvalue weighted by molar-refractivity contribution is 5.97. The van der Waals surface area contributed by atoms with Crippen LogP contribution in [-0.4, -0.2) is 101 Å². The van der Waals surface area contributed by atoms with Crippen LogP contribution in [0.3, 0.4) is 0 Å². The fourth-order valence-electron chi connectivity index (χ4n) is 7.03. The molecule has 2 aromatic carbocycles. The number of nitrogens with zero attached hydrogens (tertiary/aromatic N) is 1. The van der Waals surface area contributed by atoms with Gasteiger partial charge in [0.15, 0.2) is 5.78 Å². The number of Topliss-reactive ketones (excluding diaryl/α,β-unsaturated/α-hetero) is 1. The van der Waals surface area contributed by atoms with Crippen LogP contribution in [0.5, 0.6) is 11.5 Å². The Morgan fingerprint density at radius 1 is 0.847 bits per heavy atom. The molecule has 0 saturated carbocycles. The van der Waals surface area contributed by atoms with Crippen LogP contribution in [0.25, 0.3) is 11.1 Å². The van der Waals surface area contributed by atoms with Crippen molar-refractivity contribution in [2.45, 2.75) is 141 Å². The van der Waals surface area contributed by atoms with Gasteiger partial charge >= 0.3 is 0 Å². The molecule has 0 aromatic heterocycles. The second-order valence-electron chi connectivity index (χ2n) is 15.7. The van der Waals surface area contributed by atoms with Crippen molar-refractivity contribution >= 4 is 35.3 Å². The Balaban J connectivity index is 1.88. The molecule has 0 fully saturated rings. The molecule has 3 rings (SSSR count). The Labute approximate surface area is 349 Å². The third kappa shape index (κ3) is 15.3. The molecule has 0 spiro atoms. The van der Waals surface area contributed by atoms with Crippen LogP contribution in [0.15, 0.2) is 36.4 Å². The molecule has 4 bridgehead atoms. The molecule has 0 radical (unpaired) electrons. The summed E-state index contributed by atoms with van der Waals surface area (Å²) >= 11 is 0. The van der Waals surface area contributed by atoms with E-state index >= 15 is 0 Å². The van der Waals surface area contributed by atoms with E-state index in [2.05, 4.69) is 33.5 Å². The average Bonchev–Trinajstić information content (AvgIpc) is 3.19. The highest BCUT2D eigenvalue weighted by atomic mass is 16.3. The van der Waals surface area contributed by atoms with Gasteiger partial charge in [0.2, 0.25) is 29.5 Å². The minimum atomic E-state index is -1.37. The van der Waals surface area contributed by atoms with E-state index in [0.29, 0.717) is 37.9 Å². The summed E-state index contributed by atoms with van der Waals surface area (Å²) in [5.41, 5.74) is 6.85. The molecule has 5 atom stereocenters. The number of nitrogens with two attached hydrogens (primary N) is 1. The fraction of sp³-hybridized carbons (Fsp3) is 0.591. The van der Waals surface area contributed by atoms with Gasteiger partial charge in [-0.2, -0.15) is 0 Å². The minimum Gasteiger partial charge on any atom is -0.507 e. The summed E-state index contributed by atoms with van der Waals surface area (Å²) in [5.74, 6) is -3.68. The van der Waals surface area contributed by atoms with E-state index < -0.39 is 53.8 Å². The van der Waals surface area contributed by atoms with Crippen LogP contribution < -0.4 is 32.3 Å². The lowest BCUT2D eigenvalue weighted by Gasteiger charge is -2.32. The highest BCUT2D eigenvalue weighted by Crippen LogP contribution is 2.39. The number of hydrogen-bond acceptors (Lipinski definition) is 10. The summed E-state index contributed by atoms with van der Waals surface area (Å²) in [5, 5.41) is 36.3. The van der Waals surface area contributed by atoms with Gasteiger partial charge in [0, 0.05) is 31.0 Å². The molecule has 15 heteroatoms. The molecule has 2 aromatic rings. The number of likely N-dealkylation sites (N-methyl/N-ethyl adjacent to an activating group) is 1. The molecule has 5 amide bonds. The zero-order chi connectivity index (χ0) is 43.5. The van der Waals surface area contributed by atoms with Crippen molar-refractivity contribution < 1.29 is 39.0 Å². The van der Waals surface area contributed by atoms with Crippen LogP contribution in [-0.2, 0) is 35.2 Å². The number of benzene rings is 2. The lowest BCUT2D eigenvalue weighted by atomic mass is 9.93. The number of carbonyl (C=O) groups is 6. The number of fused-ring (bicyclic) bond motifs is 5. The zero-order valence-corrected chi connectivity index (χ0v) is 35.5. The molecule has 15 nitrogen and oxygen atoms in total. The van der Waals surface area contributed by atoms with Crippen molar-refractivity contribution in [1.82, 2.24) is 31.5 Å². The van der Waals surface area contributed by atoms with Crippen molar-refractivity contribution in [2.24, 2.45) is 5.73 Å². The summed E-state index contributed by atoms with van der Waals surface area (Å²) in [6.07, 6.45) is 10.7. The second kappa shape index (κ2) is 24.8. The summed E-state index contributed by atoms with van der Waals surface area (Å²) in [7, 11) is 1.43. The maximum atomic E-state index is 14.4. The SMILES string of the molecule is CCCCCCCCCNCCCC(=O)N[C@@H](CCCCN)C(=O)N(C)[C@@H]1C(=O)N[C@@H](C)C(=O)N[C@H](C(=O)N[C@@H](C)C(C)=O)Cc2ccc(O)c(c2)-c2cc1ccc2O. The van der Waals surface area contributed by atoms with Crippen LogP contribution >= 0.6 is 0 Å². The maximum Gasteiger partial charge on any atom is 0.248 e. The smallest absolute Gasteiger partial charge is 0.248 e. The van der Waals surface area contributed by atoms with Gasteiger partial charge in [-0.15, -0.1) is 0 Å². The first-order valence-electron chi connectivity index (χ1n) is 21.2. The summed E-state index contributed by atoms with van der Waals surface area (Å²) in [6, 6.07) is 3.25. The van der Waals surface area contributed by atoms with Gasteiger partial charge in [-0.3, -0.25) is 28.8 Å². The van der Waals surface area contributed by atoms with Gasteiger partial charge in [0.1, 0.15) is 35.7 Å². The van der Waals surface area contributed by atoms with Crippen molar-refractivity contribution in [1.29, 1.82) is 0 Å². The first kappa shape index (κ1) is 48.3. The van der Waals surface area contributed by atoms with Crippen molar-refractivity contribution in [3.05, 3.63) is 47.5 Å². The van der Waals surface area contributed by atoms with E-state index in [0.717, 1.165) is 13.0 Å². The van der Waals surface area contributed by atoms with E-state index in [1.807, 2.05) is 0 Å². The number of rotatable bonds is 22. The molecular weight excluding hydrogens is 755 g/mol. The third-order valence-electron chi connectivity index (χ3n) is 10.8. The molecule has 326 valence electrons. The number of carbonyl (C=O) groups excluding carboxylic acids is 6. The van der Waals surface area contributed by atoms with Crippen molar-refractivity contribution in [3.8, 4) is 22.6 Å². The van der Waals surface area contributed by atoms with Gasteiger partial charge in [-0.1, -0.05) is 57.6 Å².